The predicted molar refractivity (Wildman–Crippen MR) is 44.6 cm³/mol. The van der Waals surface area contributed by atoms with Gasteiger partial charge >= 0.3 is 18.9 Å². The summed E-state index contributed by atoms with van der Waals surface area (Å²) in [6.07, 6.45) is 3.86. The number of hydrogen-bond donors (Lipinski definition) is 0. The average Bonchev–Trinajstić information content (AvgIpc) is 1.63. The summed E-state index contributed by atoms with van der Waals surface area (Å²) in [6.45, 7) is 10.5. The molecular weight excluding hydrogens is 115 g/mol. The summed E-state index contributed by atoms with van der Waals surface area (Å²) in [5, 5.41) is 0. The van der Waals surface area contributed by atoms with Crippen LogP contribution in [0.5, 0.6) is 0 Å². The van der Waals surface area contributed by atoms with Gasteiger partial charge in [0.1, 0.15) is 0 Å². The van der Waals surface area contributed by atoms with Gasteiger partial charge < -0.3 is 1.43 Å². The van der Waals surface area contributed by atoms with Crippen LogP contribution in [-0.4, -0.2) is 0 Å². The Morgan fingerprint density at radius 2 is 2.00 bits per heavy atom. The second kappa shape index (κ2) is 7.44. The van der Waals surface area contributed by atoms with Crippen LogP contribution in [0.2, 0.25) is 0 Å². The third-order valence-corrected chi connectivity index (χ3v) is 1.39. The van der Waals surface area contributed by atoms with Crippen molar-refractivity contribution < 1.29 is 20.3 Å². The standard InChI is InChI=1S/C9H18.Li.H/c1-8(2)6-5-7-9(3)4;;/h9H,1,5-7H2,2-4H3;;/q;+1;-1. The van der Waals surface area contributed by atoms with Gasteiger partial charge in [-0.15, -0.1) is 6.58 Å². The Labute approximate surface area is 78.8 Å². The molecule has 0 amide bonds. The van der Waals surface area contributed by atoms with E-state index in [0.717, 1.165) is 5.92 Å². The smallest absolute Gasteiger partial charge is 1.00 e. The molecule has 0 rings (SSSR count). The number of rotatable bonds is 4. The van der Waals surface area contributed by atoms with Crippen molar-refractivity contribution in [2.24, 2.45) is 5.92 Å². The van der Waals surface area contributed by atoms with Gasteiger partial charge in [0.15, 0.2) is 0 Å². The maximum Gasteiger partial charge on any atom is 1.00 e. The van der Waals surface area contributed by atoms with Crippen molar-refractivity contribution in [1.82, 2.24) is 0 Å². The van der Waals surface area contributed by atoms with E-state index >= 15 is 0 Å². The molecular formula is C9H19Li. The van der Waals surface area contributed by atoms with Crippen molar-refractivity contribution in [2.45, 2.75) is 40.0 Å². The third-order valence-electron chi connectivity index (χ3n) is 1.39. The van der Waals surface area contributed by atoms with Gasteiger partial charge in [-0.2, -0.15) is 0 Å². The van der Waals surface area contributed by atoms with Crippen molar-refractivity contribution in [3.8, 4) is 0 Å². The Hall–Kier alpha value is 0.337. The van der Waals surface area contributed by atoms with Gasteiger partial charge in [0.25, 0.3) is 0 Å². The minimum atomic E-state index is 0. The normalized spacial score (nSPS) is 9.20. The van der Waals surface area contributed by atoms with Gasteiger partial charge in [0, 0.05) is 0 Å². The zero-order chi connectivity index (χ0) is 7.28. The predicted octanol–water partition coefficient (Wildman–Crippen LogP) is 0.505. The van der Waals surface area contributed by atoms with E-state index in [1.165, 1.54) is 24.8 Å². The second-order valence-electron chi connectivity index (χ2n) is 3.24. The molecule has 0 fully saturated rings. The van der Waals surface area contributed by atoms with Crippen molar-refractivity contribution in [2.75, 3.05) is 0 Å². The van der Waals surface area contributed by atoms with E-state index in [1.54, 1.807) is 0 Å². The van der Waals surface area contributed by atoms with E-state index in [4.69, 9.17) is 0 Å². The molecule has 0 saturated heterocycles. The molecule has 0 bridgehead atoms. The van der Waals surface area contributed by atoms with Crippen LogP contribution in [0, 0.1) is 5.92 Å². The largest absolute Gasteiger partial charge is 1.00 e. The average molecular weight is 134 g/mol. The van der Waals surface area contributed by atoms with E-state index in [-0.39, 0.29) is 20.3 Å². The van der Waals surface area contributed by atoms with Gasteiger partial charge in [-0.25, -0.2) is 0 Å². The van der Waals surface area contributed by atoms with E-state index in [0.29, 0.717) is 0 Å². The van der Waals surface area contributed by atoms with Gasteiger partial charge in [0.05, 0.1) is 0 Å². The number of hydrogen-bond acceptors (Lipinski definition) is 0. The molecule has 0 aromatic heterocycles. The third kappa shape index (κ3) is 11.2. The molecule has 0 radical (unpaired) electrons. The summed E-state index contributed by atoms with van der Waals surface area (Å²) in [5.74, 6) is 0.851. The quantitative estimate of drug-likeness (QED) is 0.388. The molecule has 56 valence electrons. The van der Waals surface area contributed by atoms with Crippen LogP contribution < -0.4 is 18.9 Å². The van der Waals surface area contributed by atoms with E-state index in [2.05, 4.69) is 27.4 Å². The van der Waals surface area contributed by atoms with Crippen LogP contribution in [0.1, 0.15) is 41.5 Å². The molecule has 10 heavy (non-hydrogen) atoms. The molecule has 0 saturated carbocycles. The fourth-order valence-corrected chi connectivity index (χ4v) is 0.812. The molecule has 0 aromatic carbocycles. The SMILES string of the molecule is C=C(C)CCCC(C)C.[H-].[Li+]. The van der Waals surface area contributed by atoms with Gasteiger partial charge in [-0.3, -0.25) is 0 Å². The molecule has 0 aliphatic rings. The van der Waals surface area contributed by atoms with Crippen molar-refractivity contribution in [1.29, 1.82) is 0 Å². The summed E-state index contributed by atoms with van der Waals surface area (Å²) in [5.41, 5.74) is 1.32. The monoisotopic (exact) mass is 134 g/mol. The molecule has 0 aliphatic carbocycles. The Bertz CT molecular complexity index is 89.6. The summed E-state index contributed by atoms with van der Waals surface area (Å²) in [4.78, 5) is 0. The van der Waals surface area contributed by atoms with Crippen LogP contribution in [0.4, 0.5) is 0 Å². The van der Waals surface area contributed by atoms with E-state index < -0.39 is 0 Å². The maximum atomic E-state index is 3.85. The van der Waals surface area contributed by atoms with Gasteiger partial charge in [-0.1, -0.05) is 25.8 Å². The fourth-order valence-electron chi connectivity index (χ4n) is 0.812. The van der Waals surface area contributed by atoms with Crippen LogP contribution in [0.3, 0.4) is 0 Å². The van der Waals surface area contributed by atoms with E-state index in [9.17, 15) is 0 Å². The minimum absolute atomic E-state index is 0. The molecule has 0 nitrogen and oxygen atoms in total. The molecule has 0 aromatic rings. The first-order chi connectivity index (χ1) is 4.13. The van der Waals surface area contributed by atoms with Crippen molar-refractivity contribution >= 4 is 0 Å². The molecule has 0 spiro atoms. The summed E-state index contributed by atoms with van der Waals surface area (Å²) in [7, 11) is 0. The molecule has 0 unspecified atom stereocenters. The molecule has 0 aliphatic heterocycles. The first-order valence-electron chi connectivity index (χ1n) is 3.77. The molecule has 1 heteroatoms. The first kappa shape index (κ1) is 13.0. The summed E-state index contributed by atoms with van der Waals surface area (Å²) in [6, 6.07) is 0. The zero-order valence-electron chi connectivity index (χ0n) is 8.91. The van der Waals surface area contributed by atoms with Crippen LogP contribution in [0.15, 0.2) is 12.2 Å². The maximum absolute atomic E-state index is 3.85. The zero-order valence-corrected chi connectivity index (χ0v) is 7.91. The Balaban J connectivity index is -0.000000320. The Morgan fingerprint density at radius 1 is 1.50 bits per heavy atom. The Kier molecular flexibility index (Phi) is 9.65. The molecule has 0 atom stereocenters. The number of allylic oxidation sites excluding steroid dienone is 1. The Morgan fingerprint density at radius 3 is 2.30 bits per heavy atom. The fraction of sp³-hybridized carbons (Fsp3) is 0.778. The van der Waals surface area contributed by atoms with Crippen molar-refractivity contribution in [3.05, 3.63) is 12.2 Å². The van der Waals surface area contributed by atoms with Gasteiger partial charge in [-0.05, 0) is 25.7 Å². The van der Waals surface area contributed by atoms with Crippen LogP contribution in [-0.2, 0) is 0 Å². The minimum Gasteiger partial charge on any atom is -1.00 e. The van der Waals surface area contributed by atoms with E-state index in [1.807, 2.05) is 0 Å². The first-order valence-corrected chi connectivity index (χ1v) is 3.77. The second-order valence-corrected chi connectivity index (χ2v) is 3.24. The summed E-state index contributed by atoms with van der Waals surface area (Å²) >= 11 is 0. The molecule has 0 heterocycles. The summed E-state index contributed by atoms with van der Waals surface area (Å²) < 4.78 is 0. The van der Waals surface area contributed by atoms with Crippen molar-refractivity contribution in [3.63, 3.8) is 0 Å². The topological polar surface area (TPSA) is 0 Å². The van der Waals surface area contributed by atoms with Crippen LogP contribution >= 0.6 is 0 Å². The van der Waals surface area contributed by atoms with Crippen LogP contribution in [0.25, 0.3) is 0 Å². The van der Waals surface area contributed by atoms with Gasteiger partial charge in [0.2, 0.25) is 0 Å². The molecule has 0 N–H and O–H groups in total.